The molecule has 7 heteroatoms. The molecule has 1 aliphatic rings. The first-order valence-corrected chi connectivity index (χ1v) is 11.2. The highest BCUT2D eigenvalue weighted by Gasteiger charge is 2.25. The average molecular weight is 472 g/mol. The highest BCUT2D eigenvalue weighted by molar-refractivity contribution is 7.81. The van der Waals surface area contributed by atoms with Gasteiger partial charge in [-0.15, -0.1) is 0 Å². The predicted octanol–water partition coefficient (Wildman–Crippen LogP) is 5.23. The van der Waals surface area contributed by atoms with Crippen molar-refractivity contribution in [2.24, 2.45) is 0 Å². The van der Waals surface area contributed by atoms with Crippen molar-refractivity contribution in [3.63, 3.8) is 0 Å². The molecule has 170 valence electrons. The number of hydrogen-bond donors (Lipinski definition) is 2. The van der Waals surface area contributed by atoms with Gasteiger partial charge < -0.3 is 24.6 Å². The molecule has 0 amide bonds. The molecule has 0 bridgehead atoms. The average Bonchev–Trinajstić information content (AvgIpc) is 2.89. The number of methoxy groups -OCH3 is 1. The SMILES string of the molecule is COc1ccc(NC(=S)C(=C(O)c2ccc3c(c2)OCCO3)[n+]2ccc3ccccc3c2)cc1. The Morgan fingerprint density at radius 3 is 2.44 bits per heavy atom. The van der Waals surface area contributed by atoms with Crippen molar-refractivity contribution < 1.29 is 23.9 Å². The van der Waals surface area contributed by atoms with E-state index >= 15 is 0 Å². The van der Waals surface area contributed by atoms with Crippen LogP contribution < -0.4 is 24.1 Å². The Balaban J connectivity index is 1.59. The standard InChI is InChI=1S/C27H22N2O4S/c1-31-22-9-7-21(8-10-22)28-27(34)25(29-13-12-18-4-2-3-5-20(18)17-29)26(30)19-6-11-23-24(16-19)33-15-14-32-23/h2-13,16-17H,14-15H2,1H3,(H-,28,30,34)/p+1. The summed E-state index contributed by atoms with van der Waals surface area (Å²) in [5, 5.41) is 16.8. The summed E-state index contributed by atoms with van der Waals surface area (Å²) in [4.78, 5) is 0.359. The summed E-state index contributed by atoms with van der Waals surface area (Å²) in [6.45, 7) is 0.965. The van der Waals surface area contributed by atoms with Gasteiger partial charge in [-0.25, -0.2) is 0 Å². The second kappa shape index (κ2) is 9.41. The molecule has 1 aromatic heterocycles. The van der Waals surface area contributed by atoms with Crippen molar-refractivity contribution in [1.82, 2.24) is 0 Å². The van der Waals surface area contributed by atoms with Crippen LogP contribution in [0.4, 0.5) is 5.69 Å². The molecule has 2 heterocycles. The van der Waals surface area contributed by atoms with E-state index in [2.05, 4.69) is 5.32 Å². The first-order valence-electron chi connectivity index (χ1n) is 10.8. The van der Waals surface area contributed by atoms with Crippen LogP contribution in [0.25, 0.3) is 22.2 Å². The maximum absolute atomic E-state index is 11.5. The number of nitrogens with one attached hydrogen (secondary N) is 1. The monoisotopic (exact) mass is 471 g/mol. The van der Waals surface area contributed by atoms with E-state index in [-0.39, 0.29) is 5.76 Å². The van der Waals surface area contributed by atoms with Gasteiger partial charge in [0.15, 0.2) is 34.6 Å². The van der Waals surface area contributed by atoms with Crippen LogP contribution in [-0.2, 0) is 0 Å². The second-order valence-corrected chi connectivity index (χ2v) is 8.13. The Morgan fingerprint density at radius 2 is 1.68 bits per heavy atom. The zero-order valence-electron chi connectivity index (χ0n) is 18.5. The van der Waals surface area contributed by atoms with Crippen LogP contribution in [0, 0.1) is 0 Å². The molecule has 5 rings (SSSR count). The molecule has 0 unspecified atom stereocenters. The number of aromatic nitrogens is 1. The molecule has 0 saturated heterocycles. The molecule has 34 heavy (non-hydrogen) atoms. The number of anilines is 1. The van der Waals surface area contributed by atoms with Crippen LogP contribution >= 0.6 is 12.2 Å². The molecule has 2 N–H and O–H groups in total. The van der Waals surface area contributed by atoms with Gasteiger partial charge in [-0.2, -0.15) is 4.57 Å². The van der Waals surface area contributed by atoms with Gasteiger partial charge in [0.1, 0.15) is 19.0 Å². The summed E-state index contributed by atoms with van der Waals surface area (Å²) in [6, 6.07) is 22.8. The third kappa shape index (κ3) is 4.38. The predicted molar refractivity (Wildman–Crippen MR) is 137 cm³/mol. The Labute approximate surface area is 202 Å². The first-order chi connectivity index (χ1) is 16.6. The lowest BCUT2D eigenvalue weighted by Crippen LogP contribution is -2.38. The topological polar surface area (TPSA) is 63.8 Å². The minimum atomic E-state index is 0.0169. The van der Waals surface area contributed by atoms with Crippen LogP contribution in [0.5, 0.6) is 17.2 Å². The van der Waals surface area contributed by atoms with Crippen LogP contribution in [0.3, 0.4) is 0 Å². The molecule has 0 saturated carbocycles. The Kier molecular flexibility index (Phi) is 6.01. The van der Waals surface area contributed by atoms with E-state index in [1.54, 1.807) is 25.3 Å². The van der Waals surface area contributed by atoms with Crippen molar-refractivity contribution in [2.75, 3.05) is 25.6 Å². The number of benzene rings is 3. The highest BCUT2D eigenvalue weighted by Crippen LogP contribution is 2.33. The maximum Gasteiger partial charge on any atom is 0.288 e. The molecule has 1 aliphatic heterocycles. The number of ether oxygens (including phenoxy) is 3. The van der Waals surface area contributed by atoms with Crippen LogP contribution in [0.2, 0.25) is 0 Å². The van der Waals surface area contributed by atoms with E-state index in [1.807, 2.05) is 71.6 Å². The number of nitrogens with zero attached hydrogens (tertiary/aromatic N) is 1. The van der Waals surface area contributed by atoms with Gasteiger partial charge in [-0.05, 0) is 53.9 Å². The fraction of sp³-hybridized carbons (Fsp3) is 0.111. The van der Waals surface area contributed by atoms with E-state index in [4.69, 9.17) is 26.4 Å². The molecule has 0 radical (unpaired) electrons. The molecule has 4 aromatic rings. The molecule has 0 aliphatic carbocycles. The van der Waals surface area contributed by atoms with E-state index < -0.39 is 0 Å². The van der Waals surface area contributed by atoms with E-state index in [0.717, 1.165) is 22.2 Å². The number of thiocarbonyl (C=S) groups is 1. The fourth-order valence-corrected chi connectivity index (χ4v) is 4.13. The molecule has 0 spiro atoms. The van der Waals surface area contributed by atoms with Gasteiger partial charge >= 0.3 is 0 Å². The van der Waals surface area contributed by atoms with Crippen molar-refractivity contribution in [3.8, 4) is 17.2 Å². The quantitative estimate of drug-likeness (QED) is 0.180. The number of hydrogen-bond acceptors (Lipinski definition) is 5. The third-order valence-electron chi connectivity index (χ3n) is 5.55. The van der Waals surface area contributed by atoms with Gasteiger partial charge in [0.25, 0.3) is 5.70 Å². The normalized spacial score (nSPS) is 13.2. The number of aliphatic hydroxyl groups excluding tert-OH is 1. The molecule has 0 atom stereocenters. The number of rotatable bonds is 5. The summed E-state index contributed by atoms with van der Waals surface area (Å²) in [5.41, 5.74) is 1.78. The van der Waals surface area contributed by atoms with Crippen molar-refractivity contribution in [1.29, 1.82) is 0 Å². The van der Waals surface area contributed by atoms with E-state index in [9.17, 15) is 5.11 Å². The minimum Gasteiger partial charge on any atom is -0.502 e. The Morgan fingerprint density at radius 1 is 0.941 bits per heavy atom. The van der Waals surface area contributed by atoms with Gasteiger partial charge in [0, 0.05) is 22.7 Å². The summed E-state index contributed by atoms with van der Waals surface area (Å²) in [6.07, 6.45) is 3.83. The molecular weight excluding hydrogens is 448 g/mol. The third-order valence-corrected chi connectivity index (χ3v) is 5.85. The summed E-state index contributed by atoms with van der Waals surface area (Å²) in [7, 11) is 1.62. The van der Waals surface area contributed by atoms with Gasteiger partial charge in [0.05, 0.1) is 7.11 Å². The molecule has 6 nitrogen and oxygen atoms in total. The minimum absolute atomic E-state index is 0.0169. The van der Waals surface area contributed by atoms with E-state index in [0.29, 0.717) is 41.0 Å². The lowest BCUT2D eigenvalue weighted by Gasteiger charge is -2.19. The van der Waals surface area contributed by atoms with Crippen LogP contribution in [0.1, 0.15) is 5.56 Å². The second-order valence-electron chi connectivity index (χ2n) is 7.72. The summed E-state index contributed by atoms with van der Waals surface area (Å²) in [5.74, 6) is 2.01. The zero-order chi connectivity index (χ0) is 23.5. The fourth-order valence-electron chi connectivity index (χ4n) is 3.81. The van der Waals surface area contributed by atoms with Crippen molar-refractivity contribution in [3.05, 3.63) is 90.8 Å². The van der Waals surface area contributed by atoms with Gasteiger partial charge in [0.2, 0.25) is 0 Å². The molecule has 0 fully saturated rings. The van der Waals surface area contributed by atoms with E-state index in [1.165, 1.54) is 0 Å². The summed E-state index contributed by atoms with van der Waals surface area (Å²) >= 11 is 5.78. The largest absolute Gasteiger partial charge is 0.502 e. The lowest BCUT2D eigenvalue weighted by molar-refractivity contribution is -0.574. The van der Waals surface area contributed by atoms with Crippen LogP contribution in [0.15, 0.2) is 85.2 Å². The van der Waals surface area contributed by atoms with Crippen molar-refractivity contribution in [2.45, 2.75) is 0 Å². The zero-order valence-corrected chi connectivity index (χ0v) is 19.3. The van der Waals surface area contributed by atoms with Gasteiger partial charge in [-0.3, -0.25) is 0 Å². The Bertz CT molecular complexity index is 1400. The number of pyridine rings is 1. The Hall–Kier alpha value is -4.10. The van der Waals surface area contributed by atoms with Crippen molar-refractivity contribution >= 4 is 45.1 Å². The number of aliphatic hydroxyl groups is 1. The van der Waals surface area contributed by atoms with Crippen LogP contribution in [-0.4, -0.2) is 30.4 Å². The van der Waals surface area contributed by atoms with Gasteiger partial charge in [-0.1, -0.05) is 30.4 Å². The molecule has 3 aromatic carbocycles. The molecular formula is C27H23N2O4S+. The lowest BCUT2D eigenvalue weighted by atomic mass is 10.1. The number of fused-ring (bicyclic) bond motifs is 2. The highest BCUT2D eigenvalue weighted by atomic mass is 32.1. The maximum atomic E-state index is 11.5. The first kappa shape index (κ1) is 21.7. The summed E-state index contributed by atoms with van der Waals surface area (Å²) < 4.78 is 18.4. The smallest absolute Gasteiger partial charge is 0.288 e.